The van der Waals surface area contributed by atoms with Gasteiger partial charge < -0.3 is 63.0 Å². The molecule has 6 aliphatic carbocycles. The molecule has 0 radical (unpaired) electrons. The van der Waals surface area contributed by atoms with Gasteiger partial charge >= 0.3 is 18.0 Å². The summed E-state index contributed by atoms with van der Waals surface area (Å²) < 4.78 is 64.8. The normalized spacial score (nSPS) is 30.8. The minimum Gasteiger partial charge on any atom is -0.492 e. The van der Waals surface area contributed by atoms with Gasteiger partial charge in [0.05, 0.1) is 48.2 Å². The molecule has 3 aliphatic heterocycles. The van der Waals surface area contributed by atoms with E-state index in [0.717, 1.165) is 63.1 Å². The molecule has 1 amide bonds. The second-order valence-electron chi connectivity index (χ2n) is 25.7. The first-order valence-corrected chi connectivity index (χ1v) is 30.0. The number of aliphatic hydroxyl groups is 2. The Bertz CT molecular complexity index is 3580. The molecule has 21 heteroatoms. The van der Waals surface area contributed by atoms with Crippen LogP contribution in [0.4, 0.5) is 25.0 Å². The Morgan fingerprint density at radius 3 is 2.00 bits per heavy atom. The number of Topliss-reactive ketones (excluding diaryl/α,β-unsaturated/α-hetero) is 1. The molecule has 448 valence electrons. The maximum absolute atomic E-state index is 16.7. The van der Waals surface area contributed by atoms with Gasteiger partial charge in [0.1, 0.15) is 22.5 Å². The van der Waals surface area contributed by atoms with Crippen molar-refractivity contribution >= 4 is 57.0 Å². The number of carbonyl (C=O) groups excluding carboxylic acids is 4. The fraction of sp³-hybridized carbons (Fsp3) is 0.587. The number of hydrogen-bond acceptors (Lipinski definition) is 16. The predicted octanol–water partition coefficient (Wildman–Crippen LogP) is 7.34. The minimum atomic E-state index is -1.05. The van der Waals surface area contributed by atoms with Crippen LogP contribution in [0.25, 0.3) is 21.8 Å². The largest absolute Gasteiger partial charge is 0.492 e. The van der Waals surface area contributed by atoms with Crippen LogP contribution in [0.5, 0.6) is 11.5 Å². The number of halogens is 2. The molecule has 6 unspecified atom stereocenters. The highest BCUT2D eigenvalue weighted by Crippen LogP contribution is 2.66. The highest BCUT2D eigenvalue weighted by molar-refractivity contribution is 6.00. The van der Waals surface area contributed by atoms with Crippen LogP contribution >= 0.6 is 0 Å². The second-order valence-corrected chi connectivity index (χ2v) is 25.7. The molecule has 9 aliphatic rings. The first-order valence-electron chi connectivity index (χ1n) is 30.0. The Hall–Kier alpha value is -6.84. The van der Waals surface area contributed by atoms with E-state index in [1.165, 1.54) is 37.6 Å². The summed E-state index contributed by atoms with van der Waals surface area (Å²) in [5.41, 5.74) is -0.974. The number of ether oxygens (including phenoxy) is 5. The van der Waals surface area contributed by atoms with Crippen molar-refractivity contribution in [1.82, 2.24) is 19.4 Å². The third-order valence-electron chi connectivity index (χ3n) is 20.9. The van der Waals surface area contributed by atoms with Crippen LogP contribution < -0.4 is 35.4 Å². The molecule has 3 N–H and O–H groups in total. The van der Waals surface area contributed by atoms with Crippen molar-refractivity contribution in [1.29, 1.82) is 0 Å². The van der Waals surface area contributed by atoms with Crippen LogP contribution in [0.15, 0.2) is 57.9 Å². The molecule has 2 aromatic carbocycles. The molecule has 13 rings (SSSR count). The Morgan fingerprint density at radius 1 is 0.762 bits per heavy atom. The maximum Gasteiger partial charge on any atom is 0.413 e. The lowest BCUT2D eigenvalue weighted by atomic mass is 9.46. The molecular weight excluding hydrogens is 1090 g/mol. The number of methoxy groups -OCH3 is 2. The van der Waals surface area contributed by atoms with E-state index in [-0.39, 0.29) is 117 Å². The van der Waals surface area contributed by atoms with Crippen molar-refractivity contribution in [3.63, 3.8) is 0 Å². The van der Waals surface area contributed by atoms with E-state index in [1.54, 1.807) is 27.0 Å². The molecule has 19 nitrogen and oxygen atoms in total. The summed E-state index contributed by atoms with van der Waals surface area (Å²) in [6, 6.07) is 1.69. The first kappa shape index (κ1) is 56.3. The number of allylic oxidation sites excluding steroid dienone is 2. The summed E-state index contributed by atoms with van der Waals surface area (Å²) in [7, 11) is 2.82. The quantitative estimate of drug-likeness (QED) is 0.0677. The van der Waals surface area contributed by atoms with Gasteiger partial charge in [-0.3, -0.25) is 14.4 Å². The van der Waals surface area contributed by atoms with Crippen LogP contribution in [0, 0.1) is 52.1 Å². The number of nitrogens with zero attached hydrogens (tertiary/aromatic N) is 5. The van der Waals surface area contributed by atoms with E-state index in [0.29, 0.717) is 50.2 Å². The Morgan fingerprint density at radius 2 is 1.39 bits per heavy atom. The molecule has 2 aromatic heterocycles. The van der Waals surface area contributed by atoms with Crippen molar-refractivity contribution in [3.8, 4) is 11.5 Å². The smallest absolute Gasteiger partial charge is 0.413 e. The number of fused-ring (bicyclic) bond motifs is 8. The molecular formula is C63H74F2N6O13. The topological polar surface area (TPSA) is 221 Å². The molecule has 3 saturated heterocycles. The summed E-state index contributed by atoms with van der Waals surface area (Å²) in [6.07, 6.45) is 14.9. The molecule has 5 heterocycles. The van der Waals surface area contributed by atoms with Crippen molar-refractivity contribution in [2.24, 2.45) is 40.4 Å². The van der Waals surface area contributed by atoms with E-state index in [1.807, 2.05) is 11.0 Å². The second kappa shape index (κ2) is 21.3. The van der Waals surface area contributed by atoms with E-state index < -0.39 is 83.5 Å². The van der Waals surface area contributed by atoms with Crippen molar-refractivity contribution < 1.29 is 61.9 Å². The lowest BCUT2D eigenvalue weighted by Gasteiger charge is -2.59. The van der Waals surface area contributed by atoms with Gasteiger partial charge in [-0.2, -0.15) is 0 Å². The number of esters is 2. The number of nitrogens with one attached hydrogen (secondary N) is 1. The molecule has 4 aromatic rings. The predicted molar refractivity (Wildman–Crippen MR) is 306 cm³/mol. The van der Waals surface area contributed by atoms with Crippen molar-refractivity contribution in [3.05, 3.63) is 91.5 Å². The van der Waals surface area contributed by atoms with Gasteiger partial charge in [-0.25, -0.2) is 23.2 Å². The van der Waals surface area contributed by atoms with Crippen LogP contribution in [0.1, 0.15) is 124 Å². The average molecular weight is 1160 g/mol. The molecule has 5 saturated carbocycles. The van der Waals surface area contributed by atoms with Gasteiger partial charge in [0.2, 0.25) is 17.7 Å². The van der Waals surface area contributed by atoms with Crippen LogP contribution in [-0.2, 0) is 19.0 Å². The zero-order chi connectivity index (χ0) is 58.8. The number of benzene rings is 2. The van der Waals surface area contributed by atoms with Gasteiger partial charge in [0, 0.05) is 86.5 Å². The summed E-state index contributed by atoms with van der Waals surface area (Å²) in [5.74, 6) is -3.29. The summed E-state index contributed by atoms with van der Waals surface area (Å²) in [4.78, 5) is 88.8. The molecule has 8 fully saturated rings. The summed E-state index contributed by atoms with van der Waals surface area (Å²) >= 11 is 0. The van der Waals surface area contributed by atoms with E-state index in [9.17, 15) is 39.0 Å². The molecule has 0 spiro atoms. The number of anilines is 2. The number of piperazine rings is 1. The number of hydrogen-bond donors (Lipinski definition) is 3. The number of ketones is 1. The number of pyridine rings is 2. The third kappa shape index (κ3) is 9.27. The standard InChI is InChI=1S/C63H74F2N6O13/c1-32-25-67(19-20-69(32)61(79)84-31-83-60(78)42-28-71(36-11-12-36)52-40(56(42)76)23-46(65)54(58(52)81-5)68-26-33-7-6-18-66-47(33)29-68)53-45(64)22-39-51(57(53)80-4)70(35-9-10-35)27-41(55(39)75)59(77)82-30-49(74)44-15-14-43-38-13-8-34-21-37(72)16-17-62(34,2)50(38)48(73)24-63(43,44)3/h16-17,21-23,27-28,32-33,35-38,43-44,47-48,50,66,72-73H,6-15,18-20,24-26,29-31H2,1-5H3/t32?,33?,37?,38-,43?,44+,47?,48-,50?,62-,63-/m0/s1. The zero-order valence-electron chi connectivity index (χ0n) is 48.2. The number of rotatable bonds is 13. The van der Waals surface area contributed by atoms with E-state index >= 15 is 8.78 Å². The van der Waals surface area contributed by atoms with Crippen LogP contribution in [0.2, 0.25) is 0 Å². The monoisotopic (exact) mass is 1160 g/mol. The van der Waals surface area contributed by atoms with Gasteiger partial charge in [-0.05, 0) is 119 Å². The molecule has 11 atom stereocenters. The fourth-order valence-electron chi connectivity index (χ4n) is 16.7. The number of carbonyl (C=O) groups is 4. The first-order chi connectivity index (χ1) is 40.3. The van der Waals surface area contributed by atoms with E-state index in [2.05, 4.69) is 25.2 Å². The number of amides is 1. The highest BCUT2D eigenvalue weighted by atomic mass is 19.1. The van der Waals surface area contributed by atoms with Gasteiger partial charge in [0.25, 0.3) is 0 Å². The number of aromatic nitrogens is 2. The Kier molecular flexibility index (Phi) is 14.3. The third-order valence-corrected chi connectivity index (χ3v) is 20.9. The molecule has 0 bridgehead atoms. The zero-order valence-corrected chi connectivity index (χ0v) is 48.2. The number of piperidine rings is 1. The van der Waals surface area contributed by atoms with Gasteiger partial charge in [-0.15, -0.1) is 0 Å². The highest BCUT2D eigenvalue weighted by Gasteiger charge is 2.62. The minimum absolute atomic E-state index is 0.0304. The lowest BCUT2D eigenvalue weighted by Crippen LogP contribution is -2.56. The van der Waals surface area contributed by atoms with Crippen molar-refractivity contribution in [2.45, 2.75) is 128 Å². The Balaban J connectivity index is 0.667. The van der Waals surface area contributed by atoms with E-state index in [4.69, 9.17) is 23.7 Å². The molecule has 84 heavy (non-hydrogen) atoms. The Labute approximate surface area is 484 Å². The maximum atomic E-state index is 16.7. The van der Waals surface area contributed by atoms with Gasteiger partial charge in [-0.1, -0.05) is 37.6 Å². The average Bonchev–Trinajstić information content (AvgIpc) is 1.32. The van der Waals surface area contributed by atoms with Crippen LogP contribution in [-0.4, -0.2) is 139 Å². The lowest BCUT2D eigenvalue weighted by molar-refractivity contribution is -0.141. The SMILES string of the molecule is COc1c(N2CC3CCCNC3C2)c(F)cc2c(=O)c(C(=O)OCOC(=O)N3CCN(c4c(F)cc5c(=O)c(C(=O)OCC(=O)[C@H]6CCC7[C@@H]8CCC9=CC(O)C=C[C@]9(C)C8[C@@H](O)C[C@@]76C)cn(C6CC6)c5c4OC)CC3C)cn(C3CC3)c12. The number of aliphatic hydroxyl groups excluding tert-OH is 2. The fourth-order valence-corrected chi connectivity index (χ4v) is 16.7. The van der Waals surface area contributed by atoms with Gasteiger partial charge in [0.15, 0.2) is 35.5 Å². The summed E-state index contributed by atoms with van der Waals surface area (Å²) in [5, 5.41) is 25.6. The van der Waals surface area contributed by atoms with Crippen LogP contribution in [0.3, 0.4) is 0 Å². The van der Waals surface area contributed by atoms with Crippen molar-refractivity contribution in [2.75, 3.05) is 76.7 Å². The summed E-state index contributed by atoms with van der Waals surface area (Å²) in [6.45, 7) is 6.94.